The smallest absolute Gasteiger partial charge is 0.123 e. The lowest BCUT2D eigenvalue weighted by Crippen LogP contribution is -2.29. The first kappa shape index (κ1) is 17.5. The van der Waals surface area contributed by atoms with E-state index in [0.29, 0.717) is 5.25 Å². The third kappa shape index (κ3) is 4.25. The number of pyridine rings is 1. The maximum Gasteiger partial charge on any atom is 0.123 e. The Kier molecular flexibility index (Phi) is 5.51. The maximum atomic E-state index is 13.1. The van der Waals surface area contributed by atoms with Crippen LogP contribution in [0.2, 0.25) is 0 Å². The van der Waals surface area contributed by atoms with Gasteiger partial charge in [0.1, 0.15) is 10.8 Å². The zero-order chi connectivity index (χ0) is 17.8. The summed E-state index contributed by atoms with van der Waals surface area (Å²) in [6.45, 7) is 2.19. The van der Waals surface area contributed by atoms with E-state index >= 15 is 0 Å². The van der Waals surface area contributed by atoms with E-state index in [1.807, 2.05) is 23.9 Å². The molecule has 1 aliphatic heterocycles. The molecule has 3 aromatic rings. The average Bonchev–Trinajstić information content (AvgIpc) is 2.68. The summed E-state index contributed by atoms with van der Waals surface area (Å²) in [6.07, 6.45) is 4.14. The highest BCUT2D eigenvalue weighted by molar-refractivity contribution is 8.00. The van der Waals surface area contributed by atoms with Crippen LogP contribution >= 0.6 is 11.8 Å². The number of nitrogens with one attached hydrogen (secondary N) is 1. The third-order valence-corrected chi connectivity index (χ3v) is 6.25. The van der Waals surface area contributed by atoms with Crippen LogP contribution in [0.1, 0.15) is 24.1 Å². The Labute approximate surface area is 158 Å². The van der Waals surface area contributed by atoms with Crippen molar-refractivity contribution in [2.24, 2.45) is 0 Å². The van der Waals surface area contributed by atoms with Gasteiger partial charge in [0.2, 0.25) is 0 Å². The standard InChI is InChI=1S/C22H23FN2S/c23-18-8-5-16(6-9-18)7-10-19-15-17-3-1-2-4-21(17)22(25-19)26-20-11-13-24-14-12-20/h1-6,8-9,15,20,24H,7,10-14H2. The van der Waals surface area contributed by atoms with Gasteiger partial charge in [-0.2, -0.15) is 0 Å². The molecule has 134 valence electrons. The second kappa shape index (κ2) is 8.19. The van der Waals surface area contributed by atoms with Gasteiger partial charge in [-0.05, 0) is 67.9 Å². The number of aryl methyl sites for hydroxylation is 2. The van der Waals surface area contributed by atoms with Crippen molar-refractivity contribution in [1.82, 2.24) is 10.3 Å². The fraction of sp³-hybridized carbons (Fsp3) is 0.318. The van der Waals surface area contributed by atoms with Crippen molar-refractivity contribution in [2.45, 2.75) is 36.0 Å². The van der Waals surface area contributed by atoms with Crippen molar-refractivity contribution >= 4 is 22.5 Å². The minimum absolute atomic E-state index is 0.182. The summed E-state index contributed by atoms with van der Waals surface area (Å²) in [7, 11) is 0. The number of nitrogens with zero attached hydrogens (tertiary/aromatic N) is 1. The lowest BCUT2D eigenvalue weighted by Gasteiger charge is -2.22. The van der Waals surface area contributed by atoms with Crippen LogP contribution in [0.15, 0.2) is 59.6 Å². The summed E-state index contributed by atoms with van der Waals surface area (Å²) in [5.74, 6) is -0.182. The van der Waals surface area contributed by atoms with Gasteiger partial charge in [0.15, 0.2) is 0 Å². The molecule has 26 heavy (non-hydrogen) atoms. The molecule has 2 aromatic carbocycles. The van der Waals surface area contributed by atoms with Crippen LogP contribution in [0.25, 0.3) is 10.8 Å². The molecule has 0 aliphatic carbocycles. The minimum Gasteiger partial charge on any atom is -0.317 e. The summed E-state index contributed by atoms with van der Waals surface area (Å²) < 4.78 is 13.1. The summed E-state index contributed by atoms with van der Waals surface area (Å²) >= 11 is 1.93. The number of thioether (sulfide) groups is 1. The Morgan fingerprint density at radius 2 is 1.77 bits per heavy atom. The van der Waals surface area contributed by atoms with Crippen molar-refractivity contribution in [3.8, 4) is 0 Å². The Hall–Kier alpha value is -1.91. The van der Waals surface area contributed by atoms with Gasteiger partial charge < -0.3 is 5.32 Å². The number of halogens is 1. The fourth-order valence-electron chi connectivity index (χ4n) is 3.43. The van der Waals surface area contributed by atoms with E-state index in [1.165, 1.54) is 35.7 Å². The SMILES string of the molecule is Fc1ccc(CCc2cc3ccccc3c(SC3CCNCC3)n2)cc1. The van der Waals surface area contributed by atoms with Crippen molar-refractivity contribution in [3.05, 3.63) is 71.7 Å². The van der Waals surface area contributed by atoms with E-state index in [2.05, 4.69) is 35.6 Å². The number of benzene rings is 2. The van der Waals surface area contributed by atoms with Gasteiger partial charge in [-0.1, -0.05) is 36.4 Å². The van der Waals surface area contributed by atoms with Gasteiger partial charge in [0.25, 0.3) is 0 Å². The van der Waals surface area contributed by atoms with Gasteiger partial charge in [0, 0.05) is 16.3 Å². The van der Waals surface area contributed by atoms with E-state index < -0.39 is 0 Å². The first-order chi connectivity index (χ1) is 12.8. The van der Waals surface area contributed by atoms with Crippen LogP contribution in [0.3, 0.4) is 0 Å². The van der Waals surface area contributed by atoms with Crippen LogP contribution in [0.5, 0.6) is 0 Å². The number of rotatable bonds is 5. The van der Waals surface area contributed by atoms with Crippen LogP contribution in [-0.4, -0.2) is 23.3 Å². The molecule has 4 heteroatoms. The first-order valence-electron chi connectivity index (χ1n) is 9.28. The Balaban J connectivity index is 1.57. The third-order valence-electron chi connectivity index (χ3n) is 4.91. The molecule has 1 fully saturated rings. The second-order valence-electron chi connectivity index (χ2n) is 6.83. The second-order valence-corrected chi connectivity index (χ2v) is 8.12. The molecule has 0 atom stereocenters. The molecule has 1 aliphatic rings. The molecule has 1 aromatic heterocycles. The molecule has 1 saturated heterocycles. The Morgan fingerprint density at radius 1 is 1.00 bits per heavy atom. The molecular weight excluding hydrogens is 343 g/mol. The first-order valence-corrected chi connectivity index (χ1v) is 10.2. The summed E-state index contributed by atoms with van der Waals surface area (Å²) in [6, 6.07) is 17.5. The lowest BCUT2D eigenvalue weighted by atomic mass is 10.1. The van der Waals surface area contributed by atoms with E-state index in [9.17, 15) is 4.39 Å². The van der Waals surface area contributed by atoms with Crippen molar-refractivity contribution in [1.29, 1.82) is 0 Å². The number of fused-ring (bicyclic) bond motifs is 1. The molecule has 0 unspecified atom stereocenters. The van der Waals surface area contributed by atoms with E-state index in [0.717, 1.165) is 42.2 Å². The minimum atomic E-state index is -0.182. The van der Waals surface area contributed by atoms with Crippen LogP contribution in [0.4, 0.5) is 4.39 Å². The zero-order valence-electron chi connectivity index (χ0n) is 14.7. The number of hydrogen-bond acceptors (Lipinski definition) is 3. The normalized spacial score (nSPS) is 15.4. The monoisotopic (exact) mass is 366 g/mol. The molecule has 2 nitrogen and oxygen atoms in total. The highest BCUT2D eigenvalue weighted by atomic mass is 32.2. The molecule has 1 N–H and O–H groups in total. The molecular formula is C22H23FN2S. The van der Waals surface area contributed by atoms with Crippen molar-refractivity contribution < 1.29 is 4.39 Å². The summed E-state index contributed by atoms with van der Waals surface area (Å²) in [4.78, 5) is 5.00. The fourth-order valence-corrected chi connectivity index (χ4v) is 4.70. The van der Waals surface area contributed by atoms with Gasteiger partial charge in [0.05, 0.1) is 0 Å². The van der Waals surface area contributed by atoms with E-state index in [1.54, 1.807) is 0 Å². The van der Waals surface area contributed by atoms with E-state index in [-0.39, 0.29) is 5.82 Å². The molecule has 2 heterocycles. The molecule has 0 radical (unpaired) electrons. The Morgan fingerprint density at radius 3 is 2.58 bits per heavy atom. The molecule has 0 spiro atoms. The van der Waals surface area contributed by atoms with Crippen molar-refractivity contribution in [2.75, 3.05) is 13.1 Å². The molecule has 4 rings (SSSR count). The van der Waals surface area contributed by atoms with Crippen LogP contribution in [-0.2, 0) is 12.8 Å². The van der Waals surface area contributed by atoms with Gasteiger partial charge in [-0.25, -0.2) is 9.37 Å². The molecule has 0 saturated carbocycles. The zero-order valence-corrected chi connectivity index (χ0v) is 15.6. The predicted molar refractivity (Wildman–Crippen MR) is 107 cm³/mol. The van der Waals surface area contributed by atoms with Crippen LogP contribution in [0, 0.1) is 5.82 Å². The lowest BCUT2D eigenvalue weighted by molar-refractivity contribution is 0.531. The maximum absolute atomic E-state index is 13.1. The highest BCUT2D eigenvalue weighted by Crippen LogP contribution is 2.33. The van der Waals surface area contributed by atoms with E-state index in [4.69, 9.17) is 4.98 Å². The number of hydrogen-bond donors (Lipinski definition) is 1. The summed E-state index contributed by atoms with van der Waals surface area (Å²) in [5, 5.41) is 7.73. The number of piperidine rings is 1. The topological polar surface area (TPSA) is 24.9 Å². The number of aromatic nitrogens is 1. The molecule has 0 bridgehead atoms. The predicted octanol–water partition coefficient (Wildman–Crippen LogP) is 5.00. The highest BCUT2D eigenvalue weighted by Gasteiger charge is 2.17. The largest absolute Gasteiger partial charge is 0.317 e. The average molecular weight is 367 g/mol. The van der Waals surface area contributed by atoms with Crippen molar-refractivity contribution in [3.63, 3.8) is 0 Å². The van der Waals surface area contributed by atoms with Gasteiger partial charge >= 0.3 is 0 Å². The molecule has 0 amide bonds. The summed E-state index contributed by atoms with van der Waals surface area (Å²) in [5.41, 5.74) is 2.26. The van der Waals surface area contributed by atoms with Crippen LogP contribution < -0.4 is 5.32 Å². The quantitative estimate of drug-likeness (QED) is 0.687. The van der Waals surface area contributed by atoms with Gasteiger partial charge in [-0.3, -0.25) is 0 Å². The van der Waals surface area contributed by atoms with Gasteiger partial charge in [-0.15, -0.1) is 11.8 Å². The Bertz CT molecular complexity index is 873.